The molecule has 4 heteroatoms. The zero-order valence-electron chi connectivity index (χ0n) is 12.1. The normalized spacial score (nSPS) is 20.3. The number of carbonyl (C=O) groups is 2. The van der Waals surface area contributed by atoms with Crippen LogP contribution in [0.3, 0.4) is 0 Å². The second-order valence-corrected chi connectivity index (χ2v) is 5.45. The molecular formula is C16H22N2O2. The predicted octanol–water partition coefficient (Wildman–Crippen LogP) is 2.49. The summed E-state index contributed by atoms with van der Waals surface area (Å²) in [6.07, 6.45) is 2.70. The molecule has 1 aliphatic rings. The van der Waals surface area contributed by atoms with Crippen LogP contribution in [0.4, 0.5) is 5.69 Å². The summed E-state index contributed by atoms with van der Waals surface area (Å²) < 4.78 is 0. The number of nitrogens with one attached hydrogen (secondary N) is 2. The molecule has 1 aromatic rings. The molecule has 2 amide bonds. The summed E-state index contributed by atoms with van der Waals surface area (Å²) in [7, 11) is 0. The first kappa shape index (κ1) is 14.6. The van der Waals surface area contributed by atoms with E-state index in [4.69, 9.17) is 0 Å². The Balaban J connectivity index is 1.78. The van der Waals surface area contributed by atoms with Crippen molar-refractivity contribution in [2.75, 3.05) is 11.9 Å². The third-order valence-corrected chi connectivity index (χ3v) is 3.61. The van der Waals surface area contributed by atoms with Gasteiger partial charge in [-0.1, -0.05) is 31.0 Å². The van der Waals surface area contributed by atoms with Crippen molar-refractivity contribution in [3.8, 4) is 0 Å². The molecule has 2 N–H and O–H groups in total. The highest BCUT2D eigenvalue weighted by Gasteiger charge is 2.47. The highest BCUT2D eigenvalue weighted by molar-refractivity contribution is 5.99. The Morgan fingerprint density at radius 3 is 2.45 bits per heavy atom. The molecule has 0 saturated heterocycles. The standard InChI is InChI=1S/C16H22N2O2/c1-3-4-9-17-15(19)13-10-14(13)16(20)18-12-7-5-11(2)6-8-12/h5-8,13-14H,3-4,9-10H2,1-2H3,(H,17,19)(H,18,20). The molecule has 0 aromatic heterocycles. The zero-order valence-corrected chi connectivity index (χ0v) is 12.1. The minimum Gasteiger partial charge on any atom is -0.356 e. The van der Waals surface area contributed by atoms with Gasteiger partial charge in [0.2, 0.25) is 11.8 Å². The molecule has 0 heterocycles. The average Bonchev–Trinajstić information content (AvgIpc) is 3.22. The summed E-state index contributed by atoms with van der Waals surface area (Å²) in [4.78, 5) is 23.8. The summed E-state index contributed by atoms with van der Waals surface area (Å²) in [5.41, 5.74) is 1.94. The summed E-state index contributed by atoms with van der Waals surface area (Å²) in [5, 5.41) is 5.75. The Bertz CT molecular complexity index is 482. The zero-order chi connectivity index (χ0) is 14.5. The maximum atomic E-state index is 12.0. The highest BCUT2D eigenvalue weighted by atomic mass is 16.2. The topological polar surface area (TPSA) is 58.2 Å². The van der Waals surface area contributed by atoms with Gasteiger partial charge < -0.3 is 10.6 Å². The van der Waals surface area contributed by atoms with E-state index >= 15 is 0 Å². The Kier molecular flexibility index (Phi) is 4.77. The monoisotopic (exact) mass is 274 g/mol. The second-order valence-electron chi connectivity index (χ2n) is 5.45. The van der Waals surface area contributed by atoms with Crippen LogP contribution in [-0.4, -0.2) is 18.4 Å². The number of carbonyl (C=O) groups excluding carboxylic acids is 2. The first-order valence-electron chi connectivity index (χ1n) is 7.27. The smallest absolute Gasteiger partial charge is 0.228 e. The Morgan fingerprint density at radius 1 is 1.15 bits per heavy atom. The van der Waals surface area contributed by atoms with E-state index < -0.39 is 0 Å². The van der Waals surface area contributed by atoms with E-state index in [0.717, 1.165) is 24.1 Å². The van der Waals surface area contributed by atoms with E-state index in [1.165, 1.54) is 0 Å². The lowest BCUT2D eigenvalue weighted by atomic mass is 10.2. The van der Waals surface area contributed by atoms with Gasteiger partial charge in [-0.3, -0.25) is 9.59 Å². The molecule has 0 aliphatic heterocycles. The number of amides is 2. The number of rotatable bonds is 6. The van der Waals surface area contributed by atoms with Gasteiger partial charge in [-0.05, 0) is 31.9 Å². The van der Waals surface area contributed by atoms with Crippen LogP contribution in [0.25, 0.3) is 0 Å². The predicted molar refractivity (Wildman–Crippen MR) is 79.3 cm³/mol. The van der Waals surface area contributed by atoms with Crippen molar-refractivity contribution in [2.24, 2.45) is 11.8 Å². The first-order chi connectivity index (χ1) is 9.61. The van der Waals surface area contributed by atoms with Gasteiger partial charge in [0.15, 0.2) is 0 Å². The molecular weight excluding hydrogens is 252 g/mol. The van der Waals surface area contributed by atoms with Crippen molar-refractivity contribution in [3.05, 3.63) is 29.8 Å². The van der Waals surface area contributed by atoms with Crippen LogP contribution in [0.15, 0.2) is 24.3 Å². The molecule has 108 valence electrons. The van der Waals surface area contributed by atoms with Crippen LogP contribution in [0.1, 0.15) is 31.7 Å². The summed E-state index contributed by atoms with van der Waals surface area (Å²) in [5.74, 6) is -0.345. The molecule has 0 bridgehead atoms. The van der Waals surface area contributed by atoms with Crippen molar-refractivity contribution in [1.29, 1.82) is 0 Å². The van der Waals surface area contributed by atoms with Crippen molar-refractivity contribution < 1.29 is 9.59 Å². The molecule has 2 unspecified atom stereocenters. The number of hydrogen-bond acceptors (Lipinski definition) is 2. The fraction of sp³-hybridized carbons (Fsp3) is 0.500. The van der Waals surface area contributed by atoms with E-state index in [9.17, 15) is 9.59 Å². The number of benzene rings is 1. The van der Waals surface area contributed by atoms with Crippen molar-refractivity contribution in [2.45, 2.75) is 33.1 Å². The highest BCUT2D eigenvalue weighted by Crippen LogP contribution is 2.39. The van der Waals surface area contributed by atoms with Crippen LogP contribution in [0, 0.1) is 18.8 Å². The fourth-order valence-electron chi connectivity index (χ4n) is 2.17. The third-order valence-electron chi connectivity index (χ3n) is 3.61. The molecule has 0 spiro atoms. The first-order valence-corrected chi connectivity index (χ1v) is 7.27. The largest absolute Gasteiger partial charge is 0.356 e. The molecule has 2 rings (SSSR count). The Morgan fingerprint density at radius 2 is 1.80 bits per heavy atom. The van der Waals surface area contributed by atoms with E-state index in [-0.39, 0.29) is 23.7 Å². The van der Waals surface area contributed by atoms with Crippen LogP contribution in [0.2, 0.25) is 0 Å². The SMILES string of the molecule is CCCCNC(=O)C1CC1C(=O)Nc1ccc(C)cc1. The molecule has 1 fully saturated rings. The number of unbranched alkanes of at least 4 members (excludes halogenated alkanes) is 1. The molecule has 2 atom stereocenters. The molecule has 20 heavy (non-hydrogen) atoms. The molecule has 0 radical (unpaired) electrons. The summed E-state index contributed by atoms with van der Waals surface area (Å²) in [6.45, 7) is 4.79. The quantitative estimate of drug-likeness (QED) is 0.783. The van der Waals surface area contributed by atoms with Gasteiger partial charge in [-0.2, -0.15) is 0 Å². The van der Waals surface area contributed by atoms with Crippen molar-refractivity contribution in [3.63, 3.8) is 0 Å². The van der Waals surface area contributed by atoms with Gasteiger partial charge in [-0.15, -0.1) is 0 Å². The van der Waals surface area contributed by atoms with Crippen molar-refractivity contribution >= 4 is 17.5 Å². The van der Waals surface area contributed by atoms with E-state index in [2.05, 4.69) is 17.6 Å². The Hall–Kier alpha value is -1.84. The van der Waals surface area contributed by atoms with Crippen LogP contribution >= 0.6 is 0 Å². The molecule has 1 aliphatic carbocycles. The van der Waals surface area contributed by atoms with Gasteiger partial charge in [0, 0.05) is 12.2 Å². The van der Waals surface area contributed by atoms with Crippen molar-refractivity contribution in [1.82, 2.24) is 5.32 Å². The number of hydrogen-bond donors (Lipinski definition) is 2. The fourth-order valence-corrected chi connectivity index (χ4v) is 2.17. The van der Waals surface area contributed by atoms with Crippen LogP contribution in [-0.2, 0) is 9.59 Å². The lowest BCUT2D eigenvalue weighted by Crippen LogP contribution is -2.28. The average molecular weight is 274 g/mol. The molecule has 4 nitrogen and oxygen atoms in total. The Labute approximate surface area is 119 Å². The van der Waals surface area contributed by atoms with E-state index in [0.29, 0.717) is 13.0 Å². The molecule has 1 aromatic carbocycles. The van der Waals surface area contributed by atoms with E-state index in [1.807, 2.05) is 31.2 Å². The van der Waals surface area contributed by atoms with Gasteiger partial charge in [-0.25, -0.2) is 0 Å². The lowest BCUT2D eigenvalue weighted by molar-refractivity contribution is -0.125. The minimum absolute atomic E-state index is 0.0162. The molecule has 1 saturated carbocycles. The van der Waals surface area contributed by atoms with Gasteiger partial charge in [0.05, 0.1) is 11.8 Å². The third kappa shape index (κ3) is 3.83. The van der Waals surface area contributed by atoms with Gasteiger partial charge in [0.25, 0.3) is 0 Å². The number of anilines is 1. The van der Waals surface area contributed by atoms with Gasteiger partial charge >= 0.3 is 0 Å². The second kappa shape index (κ2) is 6.55. The van der Waals surface area contributed by atoms with Crippen LogP contribution < -0.4 is 10.6 Å². The minimum atomic E-state index is -0.169. The van der Waals surface area contributed by atoms with Crippen LogP contribution in [0.5, 0.6) is 0 Å². The van der Waals surface area contributed by atoms with Gasteiger partial charge in [0.1, 0.15) is 0 Å². The summed E-state index contributed by atoms with van der Waals surface area (Å²) in [6, 6.07) is 7.67. The lowest BCUT2D eigenvalue weighted by Gasteiger charge is -2.06. The number of aryl methyl sites for hydroxylation is 1. The van der Waals surface area contributed by atoms with E-state index in [1.54, 1.807) is 0 Å². The maximum Gasteiger partial charge on any atom is 0.228 e. The maximum absolute atomic E-state index is 12.0. The summed E-state index contributed by atoms with van der Waals surface area (Å²) >= 11 is 0.